The molecule has 0 bridgehead atoms. The molecule has 1 aliphatic carbocycles. The summed E-state index contributed by atoms with van der Waals surface area (Å²) in [5, 5.41) is 3.01. The standard InChI is InChI=1S/C19H23N3O4S/c1-21-27(24,25)18-11-13(6-9-17(18)26-2)19(23)22-16-5-3-4-12-10-14(20)7-8-15(12)16/h6-11,16,21H,3-5,20H2,1-2H3,(H,22,23). The fourth-order valence-electron chi connectivity index (χ4n) is 3.36. The Labute approximate surface area is 159 Å². The highest BCUT2D eigenvalue weighted by Gasteiger charge is 2.24. The van der Waals surface area contributed by atoms with Crippen molar-refractivity contribution in [1.82, 2.24) is 10.0 Å². The predicted molar refractivity (Wildman–Crippen MR) is 103 cm³/mol. The van der Waals surface area contributed by atoms with Crippen molar-refractivity contribution in [3.8, 4) is 5.75 Å². The van der Waals surface area contributed by atoms with Gasteiger partial charge in [0, 0.05) is 11.3 Å². The van der Waals surface area contributed by atoms with Gasteiger partial charge in [-0.2, -0.15) is 0 Å². The van der Waals surface area contributed by atoms with Crippen molar-refractivity contribution in [2.75, 3.05) is 19.9 Å². The average Bonchev–Trinajstić information content (AvgIpc) is 2.67. The number of methoxy groups -OCH3 is 1. The molecular weight excluding hydrogens is 366 g/mol. The summed E-state index contributed by atoms with van der Waals surface area (Å²) in [5.74, 6) is -0.153. The van der Waals surface area contributed by atoms with Gasteiger partial charge in [0.1, 0.15) is 10.6 Å². The molecule has 0 saturated carbocycles. The van der Waals surface area contributed by atoms with Crippen LogP contribution in [0.3, 0.4) is 0 Å². The first-order valence-electron chi connectivity index (χ1n) is 8.66. The molecule has 1 atom stereocenters. The number of aryl methyl sites for hydroxylation is 1. The lowest BCUT2D eigenvalue weighted by Gasteiger charge is -2.27. The normalized spacial score (nSPS) is 16.4. The number of anilines is 1. The summed E-state index contributed by atoms with van der Waals surface area (Å²) in [5.41, 5.74) is 9.01. The first-order valence-corrected chi connectivity index (χ1v) is 10.1. The van der Waals surface area contributed by atoms with Crippen LogP contribution in [0.2, 0.25) is 0 Å². The number of benzene rings is 2. The monoisotopic (exact) mass is 389 g/mol. The Kier molecular flexibility index (Phi) is 5.38. The largest absolute Gasteiger partial charge is 0.495 e. The van der Waals surface area contributed by atoms with Crippen molar-refractivity contribution in [3.63, 3.8) is 0 Å². The highest BCUT2D eigenvalue weighted by molar-refractivity contribution is 7.89. The van der Waals surface area contributed by atoms with Gasteiger partial charge in [0.25, 0.3) is 5.91 Å². The zero-order valence-electron chi connectivity index (χ0n) is 15.3. The van der Waals surface area contributed by atoms with Gasteiger partial charge in [-0.25, -0.2) is 13.1 Å². The molecule has 2 aromatic carbocycles. The number of hydrogen-bond donors (Lipinski definition) is 3. The molecule has 27 heavy (non-hydrogen) atoms. The van der Waals surface area contributed by atoms with Gasteiger partial charge in [-0.1, -0.05) is 6.07 Å². The van der Waals surface area contributed by atoms with Gasteiger partial charge >= 0.3 is 0 Å². The van der Waals surface area contributed by atoms with Crippen molar-refractivity contribution >= 4 is 21.6 Å². The molecule has 0 aromatic heterocycles. The smallest absolute Gasteiger partial charge is 0.251 e. The quantitative estimate of drug-likeness (QED) is 0.678. The van der Waals surface area contributed by atoms with E-state index in [1.165, 1.54) is 26.3 Å². The van der Waals surface area contributed by atoms with E-state index in [1.807, 2.05) is 18.2 Å². The highest BCUT2D eigenvalue weighted by Crippen LogP contribution is 2.31. The summed E-state index contributed by atoms with van der Waals surface area (Å²) in [6.07, 6.45) is 2.70. The van der Waals surface area contributed by atoms with Crippen molar-refractivity contribution in [3.05, 3.63) is 53.1 Å². The number of nitrogen functional groups attached to an aromatic ring is 1. The Morgan fingerprint density at radius 1 is 1.22 bits per heavy atom. The summed E-state index contributed by atoms with van der Waals surface area (Å²) in [4.78, 5) is 12.7. The average molecular weight is 389 g/mol. The van der Waals surface area contributed by atoms with E-state index in [-0.39, 0.29) is 28.2 Å². The van der Waals surface area contributed by atoms with E-state index in [0.29, 0.717) is 5.69 Å². The van der Waals surface area contributed by atoms with E-state index >= 15 is 0 Å². The first-order chi connectivity index (χ1) is 12.9. The van der Waals surface area contributed by atoms with Crippen LogP contribution in [0.1, 0.15) is 40.4 Å². The van der Waals surface area contributed by atoms with E-state index in [2.05, 4.69) is 10.0 Å². The summed E-state index contributed by atoms with van der Waals surface area (Å²) in [6.45, 7) is 0. The first kappa shape index (κ1) is 19.2. The van der Waals surface area contributed by atoms with Gasteiger partial charge in [-0.15, -0.1) is 0 Å². The molecule has 0 fully saturated rings. The molecule has 1 aliphatic rings. The van der Waals surface area contributed by atoms with Crippen LogP contribution in [0, 0.1) is 0 Å². The Morgan fingerprint density at radius 3 is 2.70 bits per heavy atom. The summed E-state index contributed by atoms with van der Waals surface area (Å²) >= 11 is 0. The van der Waals surface area contributed by atoms with Crippen LogP contribution in [-0.4, -0.2) is 28.5 Å². The minimum absolute atomic E-state index is 0.0723. The summed E-state index contributed by atoms with van der Waals surface area (Å²) < 4.78 is 31.8. The number of amides is 1. The van der Waals surface area contributed by atoms with Crippen LogP contribution in [0.4, 0.5) is 5.69 Å². The molecule has 0 spiro atoms. The molecule has 8 heteroatoms. The van der Waals surface area contributed by atoms with Crippen molar-refractivity contribution < 1.29 is 17.9 Å². The maximum atomic E-state index is 12.8. The minimum atomic E-state index is -3.75. The topological polar surface area (TPSA) is 111 Å². The lowest BCUT2D eigenvalue weighted by atomic mass is 9.87. The van der Waals surface area contributed by atoms with Crippen LogP contribution in [-0.2, 0) is 16.4 Å². The number of carbonyl (C=O) groups is 1. The molecule has 0 heterocycles. The maximum Gasteiger partial charge on any atom is 0.251 e. The number of nitrogens with two attached hydrogens (primary N) is 1. The van der Waals surface area contributed by atoms with Crippen molar-refractivity contribution in [2.45, 2.75) is 30.2 Å². The van der Waals surface area contributed by atoms with Crippen LogP contribution >= 0.6 is 0 Å². The predicted octanol–water partition coefficient (Wildman–Crippen LogP) is 1.99. The number of ether oxygens (including phenoxy) is 1. The minimum Gasteiger partial charge on any atom is -0.495 e. The number of fused-ring (bicyclic) bond motifs is 1. The Bertz CT molecular complexity index is 973. The third-order valence-corrected chi connectivity index (χ3v) is 6.21. The molecule has 4 N–H and O–H groups in total. The molecule has 0 aliphatic heterocycles. The second-order valence-corrected chi connectivity index (χ2v) is 8.30. The van der Waals surface area contributed by atoms with Crippen molar-refractivity contribution in [1.29, 1.82) is 0 Å². The fourth-order valence-corrected chi connectivity index (χ4v) is 4.28. The van der Waals surface area contributed by atoms with Crippen LogP contribution < -0.4 is 20.5 Å². The summed E-state index contributed by atoms with van der Waals surface area (Å²) in [7, 11) is -1.06. The molecule has 0 radical (unpaired) electrons. The third kappa shape index (κ3) is 3.91. The summed E-state index contributed by atoms with van der Waals surface area (Å²) in [6, 6.07) is 9.94. The highest BCUT2D eigenvalue weighted by atomic mass is 32.2. The van der Waals surface area contributed by atoms with E-state index in [1.54, 1.807) is 6.07 Å². The van der Waals surface area contributed by atoms with E-state index in [4.69, 9.17) is 10.5 Å². The molecule has 144 valence electrons. The number of hydrogen-bond acceptors (Lipinski definition) is 5. The SMILES string of the molecule is CNS(=O)(=O)c1cc(C(=O)NC2CCCc3cc(N)ccc32)ccc1OC. The van der Waals surface area contributed by atoms with E-state index in [0.717, 1.165) is 30.4 Å². The fraction of sp³-hybridized carbons (Fsp3) is 0.316. The lowest BCUT2D eigenvalue weighted by Crippen LogP contribution is -2.31. The third-order valence-electron chi connectivity index (χ3n) is 4.77. The lowest BCUT2D eigenvalue weighted by molar-refractivity contribution is 0.0932. The number of rotatable bonds is 5. The second kappa shape index (κ2) is 7.58. The Balaban J connectivity index is 1.89. The molecule has 0 saturated heterocycles. The van der Waals surface area contributed by atoms with Gasteiger partial charge in [0.2, 0.25) is 10.0 Å². The Hall–Kier alpha value is -2.58. The zero-order valence-corrected chi connectivity index (χ0v) is 16.1. The number of sulfonamides is 1. The second-order valence-electron chi connectivity index (χ2n) is 6.45. The van der Waals surface area contributed by atoms with Crippen LogP contribution in [0.5, 0.6) is 5.75 Å². The number of carbonyl (C=O) groups excluding carboxylic acids is 1. The molecule has 1 amide bonds. The van der Waals surface area contributed by atoms with Crippen LogP contribution in [0.15, 0.2) is 41.3 Å². The van der Waals surface area contributed by atoms with Gasteiger partial charge < -0.3 is 15.8 Å². The zero-order chi connectivity index (χ0) is 19.6. The molecule has 2 aromatic rings. The molecule has 1 unspecified atom stereocenters. The van der Waals surface area contributed by atoms with Gasteiger partial charge in [0.05, 0.1) is 13.2 Å². The van der Waals surface area contributed by atoms with Gasteiger partial charge in [-0.05, 0) is 67.8 Å². The maximum absolute atomic E-state index is 12.8. The van der Waals surface area contributed by atoms with Gasteiger partial charge in [-0.3, -0.25) is 4.79 Å². The van der Waals surface area contributed by atoms with Crippen molar-refractivity contribution in [2.24, 2.45) is 0 Å². The molecule has 3 rings (SSSR count). The van der Waals surface area contributed by atoms with Crippen LogP contribution in [0.25, 0.3) is 0 Å². The Morgan fingerprint density at radius 2 is 2.00 bits per heavy atom. The molecular formula is C19H23N3O4S. The van der Waals surface area contributed by atoms with Gasteiger partial charge in [0.15, 0.2) is 0 Å². The van der Waals surface area contributed by atoms with E-state index < -0.39 is 10.0 Å². The number of nitrogens with one attached hydrogen (secondary N) is 2. The molecule has 7 nitrogen and oxygen atoms in total. The van der Waals surface area contributed by atoms with E-state index in [9.17, 15) is 13.2 Å².